The second-order valence-corrected chi connectivity index (χ2v) is 10.2. The fraction of sp³-hybridized carbons (Fsp3) is 0.368. The summed E-state index contributed by atoms with van der Waals surface area (Å²) in [6.45, 7) is 1.03. The summed E-state index contributed by atoms with van der Waals surface area (Å²) < 4.78 is 32.7. The van der Waals surface area contributed by atoms with E-state index in [0.717, 1.165) is 24.0 Å². The van der Waals surface area contributed by atoms with Crippen molar-refractivity contribution in [3.8, 4) is 11.4 Å². The van der Waals surface area contributed by atoms with Crippen LogP contribution in [-0.4, -0.2) is 36.0 Å². The second-order valence-electron chi connectivity index (χ2n) is 6.98. The Morgan fingerprint density at radius 2 is 2.07 bits per heavy atom. The lowest BCUT2D eigenvalue weighted by molar-refractivity contribution is 0.247. The third-order valence-electron chi connectivity index (χ3n) is 4.85. The summed E-state index contributed by atoms with van der Waals surface area (Å²) in [5.41, 5.74) is 1.68. The first-order valence-corrected chi connectivity index (χ1v) is 12.0. The van der Waals surface area contributed by atoms with Crippen LogP contribution in [0.15, 0.2) is 45.6 Å². The molecule has 1 aliphatic rings. The third kappa shape index (κ3) is 4.63. The standard InChI is InChI=1S/C19H20ClN3O3S2/c20-17-5-3-14(4-6-17)13-28(24,25)23-8-1-2-15(11-23)10-18-21-19(22-26-18)16-7-9-27-12-16/h3-7,9,12,15H,1-2,8,10-11,13H2/t15-/m1/s1. The van der Waals surface area contributed by atoms with E-state index in [1.54, 1.807) is 39.9 Å². The zero-order valence-corrected chi connectivity index (χ0v) is 17.5. The number of thiophene rings is 1. The van der Waals surface area contributed by atoms with E-state index < -0.39 is 10.0 Å². The van der Waals surface area contributed by atoms with Crippen LogP contribution in [0.2, 0.25) is 5.02 Å². The normalized spacial score (nSPS) is 18.4. The Balaban J connectivity index is 1.40. The average Bonchev–Trinajstić information content (AvgIpc) is 3.35. The van der Waals surface area contributed by atoms with Crippen molar-refractivity contribution >= 4 is 33.0 Å². The number of hydrogen-bond donors (Lipinski definition) is 0. The van der Waals surface area contributed by atoms with E-state index in [0.29, 0.717) is 36.2 Å². The molecule has 9 heteroatoms. The van der Waals surface area contributed by atoms with Gasteiger partial charge in [-0.05, 0) is 47.9 Å². The van der Waals surface area contributed by atoms with Gasteiger partial charge in [-0.15, -0.1) is 0 Å². The highest BCUT2D eigenvalue weighted by atomic mass is 35.5. The van der Waals surface area contributed by atoms with Crippen LogP contribution in [0.25, 0.3) is 11.4 Å². The molecular formula is C19H20ClN3O3S2. The molecule has 0 aliphatic carbocycles. The molecule has 2 aromatic heterocycles. The summed E-state index contributed by atoms with van der Waals surface area (Å²) in [6, 6.07) is 8.89. The molecule has 1 aliphatic heterocycles. The second kappa shape index (κ2) is 8.32. The van der Waals surface area contributed by atoms with Crippen LogP contribution in [0.3, 0.4) is 0 Å². The lowest BCUT2D eigenvalue weighted by Gasteiger charge is -2.31. The summed E-state index contributed by atoms with van der Waals surface area (Å²) in [5.74, 6) is 1.30. The van der Waals surface area contributed by atoms with Crippen LogP contribution in [-0.2, 0) is 22.2 Å². The van der Waals surface area contributed by atoms with Crippen molar-refractivity contribution in [3.63, 3.8) is 0 Å². The molecule has 1 fully saturated rings. The van der Waals surface area contributed by atoms with Crippen molar-refractivity contribution < 1.29 is 12.9 Å². The van der Waals surface area contributed by atoms with Gasteiger partial charge in [0.1, 0.15) is 0 Å². The van der Waals surface area contributed by atoms with E-state index in [2.05, 4.69) is 10.1 Å². The first-order chi connectivity index (χ1) is 13.5. The SMILES string of the molecule is O=S(=O)(Cc1ccc(Cl)cc1)N1CCC[C@H](Cc2nc(-c3ccsc3)no2)C1. The zero-order chi connectivity index (χ0) is 19.6. The fourth-order valence-corrected chi connectivity index (χ4v) is 5.82. The molecule has 1 atom stereocenters. The molecule has 0 radical (unpaired) electrons. The van der Waals surface area contributed by atoms with E-state index in [9.17, 15) is 8.42 Å². The first-order valence-electron chi connectivity index (χ1n) is 9.07. The predicted octanol–water partition coefficient (Wildman–Crippen LogP) is 4.24. The summed E-state index contributed by atoms with van der Waals surface area (Å²) in [7, 11) is -3.38. The van der Waals surface area contributed by atoms with Gasteiger partial charge in [-0.2, -0.15) is 16.3 Å². The third-order valence-corrected chi connectivity index (χ3v) is 7.60. The van der Waals surface area contributed by atoms with Crippen molar-refractivity contribution in [2.24, 2.45) is 5.92 Å². The first kappa shape index (κ1) is 19.6. The maximum absolute atomic E-state index is 12.8. The van der Waals surface area contributed by atoms with E-state index in [1.165, 1.54) is 0 Å². The molecule has 0 unspecified atom stereocenters. The van der Waals surface area contributed by atoms with Gasteiger partial charge in [0.25, 0.3) is 0 Å². The highest BCUT2D eigenvalue weighted by Crippen LogP contribution is 2.25. The van der Waals surface area contributed by atoms with Crippen LogP contribution < -0.4 is 0 Å². The number of hydrogen-bond acceptors (Lipinski definition) is 6. The van der Waals surface area contributed by atoms with Gasteiger partial charge < -0.3 is 4.52 Å². The van der Waals surface area contributed by atoms with Crippen LogP contribution in [0.4, 0.5) is 0 Å². The summed E-state index contributed by atoms with van der Waals surface area (Å²) in [6.07, 6.45) is 2.36. The Morgan fingerprint density at radius 3 is 2.82 bits per heavy atom. The molecule has 4 rings (SSSR count). The van der Waals surface area contributed by atoms with Crippen LogP contribution in [0.1, 0.15) is 24.3 Å². The Labute approximate surface area is 173 Å². The number of aromatic nitrogens is 2. The minimum absolute atomic E-state index is 0.0141. The molecule has 3 aromatic rings. The summed E-state index contributed by atoms with van der Waals surface area (Å²) in [5, 5.41) is 8.57. The van der Waals surface area contributed by atoms with Gasteiger partial charge in [0.05, 0.1) is 5.75 Å². The Hall–Kier alpha value is -1.74. The smallest absolute Gasteiger partial charge is 0.227 e. The van der Waals surface area contributed by atoms with E-state index >= 15 is 0 Å². The van der Waals surface area contributed by atoms with Crippen molar-refractivity contribution in [3.05, 3.63) is 57.6 Å². The average molecular weight is 438 g/mol. The van der Waals surface area contributed by atoms with Gasteiger partial charge in [-0.3, -0.25) is 0 Å². The van der Waals surface area contributed by atoms with Gasteiger partial charge in [-0.1, -0.05) is 28.9 Å². The van der Waals surface area contributed by atoms with Crippen molar-refractivity contribution in [2.45, 2.75) is 25.0 Å². The lowest BCUT2D eigenvalue weighted by Crippen LogP contribution is -2.41. The molecule has 148 valence electrons. The quantitative estimate of drug-likeness (QED) is 0.576. The van der Waals surface area contributed by atoms with Crippen molar-refractivity contribution in [1.82, 2.24) is 14.4 Å². The summed E-state index contributed by atoms with van der Waals surface area (Å²) in [4.78, 5) is 4.46. The summed E-state index contributed by atoms with van der Waals surface area (Å²) >= 11 is 7.46. The molecule has 6 nitrogen and oxygen atoms in total. The molecule has 0 saturated carbocycles. The minimum Gasteiger partial charge on any atom is -0.339 e. The van der Waals surface area contributed by atoms with Crippen molar-refractivity contribution in [1.29, 1.82) is 0 Å². The van der Waals surface area contributed by atoms with Gasteiger partial charge in [0.2, 0.25) is 21.7 Å². The minimum atomic E-state index is -3.38. The number of halogens is 1. The van der Waals surface area contributed by atoms with Crippen LogP contribution in [0.5, 0.6) is 0 Å². The monoisotopic (exact) mass is 437 g/mol. The van der Waals surface area contributed by atoms with Crippen LogP contribution in [0, 0.1) is 5.92 Å². The maximum atomic E-state index is 12.8. The molecule has 28 heavy (non-hydrogen) atoms. The highest BCUT2D eigenvalue weighted by molar-refractivity contribution is 7.88. The maximum Gasteiger partial charge on any atom is 0.227 e. The molecule has 3 heterocycles. The fourth-order valence-electron chi connectivity index (χ4n) is 3.42. The molecule has 1 aromatic carbocycles. The number of benzene rings is 1. The van der Waals surface area contributed by atoms with Crippen LogP contribution >= 0.6 is 22.9 Å². The van der Waals surface area contributed by atoms with Gasteiger partial charge >= 0.3 is 0 Å². The molecule has 0 spiro atoms. The van der Waals surface area contributed by atoms with Gasteiger partial charge in [-0.25, -0.2) is 12.7 Å². The predicted molar refractivity (Wildman–Crippen MR) is 110 cm³/mol. The molecular weight excluding hydrogens is 418 g/mol. The largest absolute Gasteiger partial charge is 0.339 e. The number of piperidine rings is 1. The molecule has 1 saturated heterocycles. The Morgan fingerprint density at radius 1 is 1.25 bits per heavy atom. The lowest BCUT2D eigenvalue weighted by atomic mass is 9.96. The molecule has 0 bridgehead atoms. The number of sulfonamides is 1. The highest BCUT2D eigenvalue weighted by Gasteiger charge is 2.30. The zero-order valence-electron chi connectivity index (χ0n) is 15.1. The Kier molecular flexibility index (Phi) is 5.82. The number of rotatable bonds is 6. The van der Waals surface area contributed by atoms with E-state index in [-0.39, 0.29) is 11.7 Å². The van der Waals surface area contributed by atoms with E-state index in [1.807, 2.05) is 16.8 Å². The van der Waals surface area contributed by atoms with Gasteiger partial charge in [0, 0.05) is 35.5 Å². The number of nitrogens with zero attached hydrogens (tertiary/aromatic N) is 3. The molecule has 0 amide bonds. The van der Waals surface area contributed by atoms with E-state index in [4.69, 9.17) is 16.1 Å². The topological polar surface area (TPSA) is 76.3 Å². The van der Waals surface area contributed by atoms with Crippen molar-refractivity contribution in [2.75, 3.05) is 13.1 Å². The molecule has 0 N–H and O–H groups in total. The Bertz CT molecular complexity index is 1020. The van der Waals surface area contributed by atoms with Gasteiger partial charge in [0.15, 0.2) is 0 Å².